The van der Waals surface area contributed by atoms with Crippen molar-refractivity contribution in [1.29, 1.82) is 0 Å². The van der Waals surface area contributed by atoms with Crippen LogP contribution in [-0.4, -0.2) is 37.4 Å². The Labute approximate surface area is 75.3 Å². The Morgan fingerprint density at radius 3 is 1.46 bits per heavy atom. The monoisotopic (exact) mass is 226 g/mol. The van der Waals surface area contributed by atoms with Crippen LogP contribution in [0.3, 0.4) is 0 Å². The summed E-state index contributed by atoms with van der Waals surface area (Å²) < 4.78 is 58.6. The summed E-state index contributed by atoms with van der Waals surface area (Å²) in [5.74, 6) is 0. The summed E-state index contributed by atoms with van der Waals surface area (Å²) in [6.07, 6.45) is 0. The molecule has 0 aromatic carbocycles. The van der Waals surface area contributed by atoms with Crippen LogP contribution in [0, 0.1) is 0 Å². The molecule has 70 valence electrons. The molecule has 2 aliphatic heterocycles. The Kier molecular flexibility index (Phi) is 1.78. The number of hydrogen-bond acceptors (Lipinski definition) is 8. The van der Waals surface area contributed by atoms with E-state index in [0.717, 1.165) is 0 Å². The molecule has 2 heterocycles. The molecule has 0 aromatic heterocycles. The molecule has 2 aliphatic rings. The Bertz CT molecular complexity index is 377. The average Bonchev–Trinajstić information content (AvgIpc) is 2.37. The number of hydrogen-bond donors (Lipinski definition) is 0. The van der Waals surface area contributed by atoms with Gasteiger partial charge in [-0.15, -0.1) is 0 Å². The van der Waals surface area contributed by atoms with E-state index in [9.17, 15) is 16.8 Å². The van der Waals surface area contributed by atoms with Crippen LogP contribution in [0.4, 0.5) is 0 Å². The highest BCUT2D eigenvalue weighted by Gasteiger charge is 2.58. The van der Waals surface area contributed by atoms with Crippen LogP contribution >= 0.6 is 0 Å². The van der Waals surface area contributed by atoms with Crippen molar-refractivity contribution in [3.8, 4) is 0 Å². The van der Waals surface area contributed by atoms with Crippen molar-refractivity contribution in [2.45, 2.75) is 5.59 Å². The van der Waals surface area contributed by atoms with E-state index in [1.165, 1.54) is 0 Å². The molecule has 8 nitrogen and oxygen atoms in total. The van der Waals surface area contributed by atoms with Gasteiger partial charge in [-0.05, 0) is 0 Å². The lowest BCUT2D eigenvalue weighted by Gasteiger charge is -2.09. The van der Waals surface area contributed by atoms with Gasteiger partial charge in [0.25, 0.3) is 0 Å². The molecular formula is CB2O8S2. The highest BCUT2D eigenvalue weighted by molar-refractivity contribution is 7.84. The largest absolute Gasteiger partial charge is 0.390 e. The van der Waals surface area contributed by atoms with Gasteiger partial charge in [0.15, 0.2) is 0 Å². The Morgan fingerprint density at radius 1 is 0.846 bits per heavy atom. The fourth-order valence-electron chi connectivity index (χ4n) is 0.731. The van der Waals surface area contributed by atoms with E-state index in [0.29, 0.717) is 15.0 Å². The van der Waals surface area contributed by atoms with Gasteiger partial charge in [0.1, 0.15) is 0 Å². The smallest absolute Gasteiger partial charge is 0.312 e. The zero-order chi connectivity index (χ0) is 9.74. The summed E-state index contributed by atoms with van der Waals surface area (Å²) in [4.78, 5) is 0. The predicted molar refractivity (Wildman–Crippen MR) is 36.4 cm³/mol. The molecule has 0 aliphatic carbocycles. The lowest BCUT2D eigenvalue weighted by atomic mass is 9.67. The van der Waals surface area contributed by atoms with Gasteiger partial charge in [-0.3, -0.25) is 0 Å². The summed E-state index contributed by atoms with van der Waals surface area (Å²) in [6.45, 7) is 0. The van der Waals surface area contributed by atoms with E-state index in [-0.39, 0.29) is 0 Å². The normalized spacial score (nSPS) is 32.6. The third-order valence-electron chi connectivity index (χ3n) is 1.13. The summed E-state index contributed by atoms with van der Waals surface area (Å²) in [6, 6.07) is 0. The van der Waals surface area contributed by atoms with Crippen molar-refractivity contribution in [3.05, 3.63) is 0 Å². The van der Waals surface area contributed by atoms with Crippen molar-refractivity contribution in [2.75, 3.05) is 0 Å². The molecule has 2 rings (SSSR count). The molecule has 0 N–H and O–H groups in total. The van der Waals surface area contributed by atoms with E-state index in [4.69, 9.17) is 0 Å². The highest BCUT2D eigenvalue weighted by Crippen LogP contribution is 2.30. The Hall–Kier alpha value is -0.130. The molecule has 2 saturated heterocycles. The molecule has 2 radical (unpaired) electrons. The average molecular weight is 226 g/mol. The minimum atomic E-state index is -4.24. The van der Waals surface area contributed by atoms with Gasteiger partial charge >= 0.3 is 35.8 Å². The second kappa shape index (κ2) is 2.46. The Balaban J connectivity index is 2.29. The molecule has 13 heavy (non-hydrogen) atoms. The van der Waals surface area contributed by atoms with Gasteiger partial charge in [0, 0.05) is 0 Å². The van der Waals surface area contributed by atoms with Crippen molar-refractivity contribution in [2.24, 2.45) is 0 Å². The van der Waals surface area contributed by atoms with Gasteiger partial charge in [-0.25, -0.2) is 8.37 Å². The Morgan fingerprint density at radius 2 is 1.23 bits per heavy atom. The fraction of sp³-hybridized carbons (Fsp3) is 1.00. The summed E-state index contributed by atoms with van der Waals surface area (Å²) in [5.41, 5.74) is -2.11. The lowest BCUT2D eigenvalue weighted by Crippen LogP contribution is -2.39. The summed E-state index contributed by atoms with van der Waals surface area (Å²) >= 11 is 0. The van der Waals surface area contributed by atoms with E-state index < -0.39 is 26.4 Å². The molecule has 12 heteroatoms. The van der Waals surface area contributed by atoms with Gasteiger partial charge in [0.2, 0.25) is 5.59 Å². The molecule has 0 saturated carbocycles. The first-order valence-corrected chi connectivity index (χ1v) is 5.46. The second-order valence-electron chi connectivity index (χ2n) is 2.13. The topological polar surface area (TPSA) is 105 Å². The third kappa shape index (κ3) is 1.73. The molecule has 0 amide bonds. The quantitative estimate of drug-likeness (QED) is 0.414. The molecule has 0 aromatic rings. The van der Waals surface area contributed by atoms with Crippen LogP contribution in [0.15, 0.2) is 0 Å². The molecule has 1 spiro atoms. The maximum absolute atomic E-state index is 10.6. The van der Waals surface area contributed by atoms with Crippen LogP contribution in [0.25, 0.3) is 0 Å². The summed E-state index contributed by atoms with van der Waals surface area (Å²) in [5, 5.41) is 0. The maximum Gasteiger partial charge on any atom is 0.390 e. The zero-order valence-electron chi connectivity index (χ0n) is 5.74. The van der Waals surface area contributed by atoms with Crippen LogP contribution in [0.5, 0.6) is 0 Å². The molecule has 0 bridgehead atoms. The molecule has 2 fully saturated rings. The molecular weight excluding hydrogens is 226 g/mol. The van der Waals surface area contributed by atoms with E-state index in [2.05, 4.69) is 16.6 Å². The van der Waals surface area contributed by atoms with Gasteiger partial charge < -0.3 is 8.20 Å². The van der Waals surface area contributed by atoms with Crippen LogP contribution in [0.1, 0.15) is 0 Å². The predicted octanol–water partition coefficient (Wildman–Crippen LogP) is -2.58. The lowest BCUT2D eigenvalue weighted by molar-refractivity contribution is 0.0571. The first kappa shape index (κ1) is 9.43. The van der Waals surface area contributed by atoms with Gasteiger partial charge in [-0.2, -0.15) is 16.8 Å². The van der Waals surface area contributed by atoms with Crippen molar-refractivity contribution in [3.63, 3.8) is 0 Å². The third-order valence-corrected chi connectivity index (χ3v) is 2.72. The van der Waals surface area contributed by atoms with E-state index >= 15 is 0 Å². The SMILES string of the molecule is O=S1(=O)O[B]C2([B]OS(=O)(=O)O2)O1. The fourth-order valence-corrected chi connectivity index (χ4v) is 2.22. The van der Waals surface area contributed by atoms with Crippen molar-refractivity contribution < 1.29 is 33.4 Å². The second-order valence-corrected chi connectivity index (χ2v) is 4.48. The molecule has 0 atom stereocenters. The van der Waals surface area contributed by atoms with Crippen LogP contribution in [0.2, 0.25) is 0 Å². The summed E-state index contributed by atoms with van der Waals surface area (Å²) in [7, 11) is -7.39. The standard InChI is InChI=1S/CB2O8S2/c4-12(5)8-1(2-10-12)3-11-13(6,7)9-1. The first-order chi connectivity index (χ1) is 5.83. The van der Waals surface area contributed by atoms with Crippen molar-refractivity contribution in [1.82, 2.24) is 0 Å². The zero-order valence-corrected chi connectivity index (χ0v) is 7.37. The minimum absolute atomic E-state index is 0.548. The van der Waals surface area contributed by atoms with Crippen LogP contribution in [-0.2, 0) is 37.4 Å². The van der Waals surface area contributed by atoms with E-state index in [1.54, 1.807) is 0 Å². The van der Waals surface area contributed by atoms with Crippen molar-refractivity contribution >= 4 is 35.8 Å². The number of rotatable bonds is 0. The van der Waals surface area contributed by atoms with Gasteiger partial charge in [0.05, 0.1) is 0 Å². The highest BCUT2D eigenvalue weighted by atomic mass is 32.3. The van der Waals surface area contributed by atoms with E-state index in [1.807, 2.05) is 0 Å². The molecule has 0 unspecified atom stereocenters. The first-order valence-electron chi connectivity index (χ1n) is 2.79. The maximum atomic E-state index is 10.6. The minimum Gasteiger partial charge on any atom is -0.312 e. The van der Waals surface area contributed by atoms with Gasteiger partial charge in [-0.1, -0.05) is 0 Å². The van der Waals surface area contributed by atoms with Crippen LogP contribution < -0.4 is 0 Å².